The van der Waals surface area contributed by atoms with Crippen LogP contribution in [-0.4, -0.2) is 36.2 Å². The number of alkyl carbamates (subject to hydrolysis) is 1. The topological polar surface area (TPSA) is 111 Å². The van der Waals surface area contributed by atoms with Gasteiger partial charge in [-0.05, 0) is 49.3 Å². The molecular formula is C28H39N2O6P. The second kappa shape index (κ2) is 14.7. The third-order valence-electron chi connectivity index (χ3n) is 5.55. The van der Waals surface area contributed by atoms with Crippen LogP contribution < -0.4 is 15.9 Å². The zero-order valence-electron chi connectivity index (χ0n) is 22.3. The Morgan fingerprint density at radius 1 is 0.811 bits per heavy atom. The summed E-state index contributed by atoms with van der Waals surface area (Å²) in [5, 5.41) is 5.67. The number of carbonyl (C=O) groups excluding carboxylic acids is 3. The van der Waals surface area contributed by atoms with Gasteiger partial charge in [0.1, 0.15) is 12.6 Å². The maximum absolute atomic E-state index is 13.9. The summed E-state index contributed by atoms with van der Waals surface area (Å²) in [5.41, 5.74) is 0.148. The van der Waals surface area contributed by atoms with Gasteiger partial charge >= 0.3 is 6.09 Å². The Kier molecular flexibility index (Phi) is 12.0. The van der Waals surface area contributed by atoms with Gasteiger partial charge in [-0.15, -0.1) is 0 Å². The molecule has 0 bridgehead atoms. The fourth-order valence-corrected chi connectivity index (χ4v) is 5.89. The molecule has 0 radical (unpaired) electrons. The van der Waals surface area contributed by atoms with Crippen LogP contribution in [0.1, 0.15) is 53.0 Å². The molecule has 2 unspecified atom stereocenters. The number of ether oxygens (including phenoxy) is 1. The smallest absolute Gasteiger partial charge is 0.408 e. The number of hydrogen-bond donors (Lipinski definition) is 2. The molecule has 2 aromatic carbocycles. The van der Waals surface area contributed by atoms with E-state index < -0.39 is 37.0 Å². The molecule has 2 rings (SSSR count). The minimum Gasteiger partial charge on any atom is -0.445 e. The second-order valence-electron chi connectivity index (χ2n) is 9.72. The van der Waals surface area contributed by atoms with E-state index in [1.165, 1.54) is 0 Å². The predicted molar refractivity (Wildman–Crippen MR) is 145 cm³/mol. The summed E-state index contributed by atoms with van der Waals surface area (Å²) >= 11 is 0. The van der Waals surface area contributed by atoms with Crippen molar-refractivity contribution >= 4 is 30.2 Å². The molecule has 37 heavy (non-hydrogen) atoms. The monoisotopic (exact) mass is 530 g/mol. The van der Waals surface area contributed by atoms with Gasteiger partial charge in [-0.2, -0.15) is 0 Å². The number of amides is 2. The van der Waals surface area contributed by atoms with E-state index >= 15 is 0 Å². The maximum Gasteiger partial charge on any atom is 0.408 e. The van der Waals surface area contributed by atoms with E-state index in [4.69, 9.17) is 9.26 Å². The van der Waals surface area contributed by atoms with Crippen LogP contribution in [0, 0.1) is 11.8 Å². The molecule has 0 aliphatic heterocycles. The van der Waals surface area contributed by atoms with Crippen LogP contribution in [0.2, 0.25) is 0 Å². The van der Waals surface area contributed by atoms with Crippen LogP contribution in [0.25, 0.3) is 0 Å². The normalized spacial score (nSPS) is 14.5. The summed E-state index contributed by atoms with van der Waals surface area (Å²) in [6, 6.07) is 15.5. The van der Waals surface area contributed by atoms with Gasteiger partial charge in [-0.1, -0.05) is 76.2 Å². The third kappa shape index (κ3) is 9.45. The molecule has 0 aliphatic rings. The first-order valence-corrected chi connectivity index (χ1v) is 14.3. The summed E-state index contributed by atoms with van der Waals surface area (Å²) in [5.74, 6) is -0.448. The fourth-order valence-electron chi connectivity index (χ4n) is 3.85. The predicted octanol–water partition coefficient (Wildman–Crippen LogP) is 5.03. The number of hydrogen-bond acceptors (Lipinski definition) is 6. The Bertz CT molecular complexity index is 1060. The zero-order chi connectivity index (χ0) is 27.4. The molecule has 0 saturated heterocycles. The first kappa shape index (κ1) is 30.3. The van der Waals surface area contributed by atoms with Gasteiger partial charge in [0.25, 0.3) is 7.37 Å². The van der Waals surface area contributed by atoms with Crippen molar-refractivity contribution in [2.75, 3.05) is 6.61 Å². The number of nitrogens with one attached hydrogen (secondary N) is 2. The van der Waals surface area contributed by atoms with Crippen LogP contribution in [0.15, 0.2) is 60.7 Å². The van der Waals surface area contributed by atoms with Gasteiger partial charge in [0, 0.05) is 5.30 Å². The first-order chi connectivity index (χ1) is 17.6. The molecule has 0 heterocycles. The van der Waals surface area contributed by atoms with E-state index in [1.54, 1.807) is 37.3 Å². The molecule has 2 amide bonds. The molecule has 3 atom stereocenters. The van der Waals surface area contributed by atoms with Gasteiger partial charge < -0.3 is 19.9 Å². The van der Waals surface area contributed by atoms with Crippen LogP contribution >= 0.6 is 7.37 Å². The van der Waals surface area contributed by atoms with Crippen molar-refractivity contribution in [2.45, 2.75) is 66.2 Å². The highest BCUT2D eigenvalue weighted by Crippen LogP contribution is 2.48. The fraction of sp³-hybridized carbons (Fsp3) is 0.464. The van der Waals surface area contributed by atoms with E-state index in [9.17, 15) is 18.9 Å². The Balaban J connectivity index is 2.21. The minimum atomic E-state index is -3.93. The summed E-state index contributed by atoms with van der Waals surface area (Å²) in [7, 11) is -3.93. The largest absolute Gasteiger partial charge is 0.445 e. The molecule has 8 nitrogen and oxygen atoms in total. The second-order valence-corrected chi connectivity index (χ2v) is 12.0. The van der Waals surface area contributed by atoms with E-state index in [-0.39, 0.29) is 36.8 Å². The van der Waals surface area contributed by atoms with E-state index in [0.717, 1.165) is 5.56 Å². The molecule has 2 aromatic rings. The highest BCUT2D eigenvalue weighted by atomic mass is 31.2. The molecule has 2 N–H and O–H groups in total. The van der Waals surface area contributed by atoms with Crippen molar-refractivity contribution in [3.05, 3.63) is 66.2 Å². The number of carbonyl (C=O) groups is 3. The zero-order valence-corrected chi connectivity index (χ0v) is 23.2. The maximum atomic E-state index is 13.9. The lowest BCUT2D eigenvalue weighted by Gasteiger charge is -2.27. The van der Waals surface area contributed by atoms with Gasteiger partial charge in [0.2, 0.25) is 11.4 Å². The average molecular weight is 531 g/mol. The van der Waals surface area contributed by atoms with Gasteiger partial charge in [-0.3, -0.25) is 14.2 Å². The standard InChI is InChI=1S/C28H39N2O6P/c1-6-36-37(34,23-15-11-8-12-16-23)27(32)25(18-21(4)5)29-26(31)24(17-20(2)3)30-28(33)35-19-22-13-9-7-10-14-22/h7-16,20-21,24-25H,6,17-19H2,1-5H3,(H,29,31)(H,30,33)/t24?,25-,37?/m1/s1. The highest BCUT2D eigenvalue weighted by Gasteiger charge is 2.41. The lowest BCUT2D eigenvalue weighted by Crippen LogP contribution is -2.52. The molecule has 202 valence electrons. The van der Waals surface area contributed by atoms with Crippen molar-refractivity contribution in [1.82, 2.24) is 10.6 Å². The van der Waals surface area contributed by atoms with Crippen LogP contribution in [0.4, 0.5) is 4.79 Å². The highest BCUT2D eigenvalue weighted by molar-refractivity contribution is 7.83. The van der Waals surface area contributed by atoms with Crippen LogP contribution in [0.5, 0.6) is 0 Å². The Labute approximate surface area is 220 Å². The lowest BCUT2D eigenvalue weighted by atomic mass is 10.0. The molecule has 0 saturated carbocycles. The van der Waals surface area contributed by atoms with Crippen LogP contribution in [0.3, 0.4) is 0 Å². The quantitative estimate of drug-likeness (QED) is 0.332. The lowest BCUT2D eigenvalue weighted by molar-refractivity contribution is -0.127. The van der Waals surface area contributed by atoms with Gasteiger partial charge in [0.15, 0.2) is 0 Å². The molecule has 0 aliphatic carbocycles. The van der Waals surface area contributed by atoms with Crippen molar-refractivity contribution in [2.24, 2.45) is 11.8 Å². The molecule has 0 fully saturated rings. The Hall–Kier alpha value is -2.96. The molecule has 0 aromatic heterocycles. The van der Waals surface area contributed by atoms with Crippen molar-refractivity contribution in [3.8, 4) is 0 Å². The van der Waals surface area contributed by atoms with Gasteiger partial charge in [0.05, 0.1) is 12.6 Å². The van der Waals surface area contributed by atoms with E-state index in [2.05, 4.69) is 10.6 Å². The van der Waals surface area contributed by atoms with Crippen LogP contribution in [-0.2, 0) is 30.0 Å². The summed E-state index contributed by atoms with van der Waals surface area (Å²) in [4.78, 5) is 39.5. The SMILES string of the molecule is CCOP(=O)(C(=O)[C@@H](CC(C)C)NC(=O)C(CC(C)C)NC(=O)OCc1ccccc1)c1ccccc1. The van der Waals surface area contributed by atoms with Crippen molar-refractivity contribution in [3.63, 3.8) is 0 Å². The van der Waals surface area contributed by atoms with Crippen molar-refractivity contribution < 1.29 is 28.2 Å². The summed E-state index contributed by atoms with van der Waals surface area (Å²) in [6.45, 7) is 9.47. The first-order valence-electron chi connectivity index (χ1n) is 12.7. The van der Waals surface area contributed by atoms with Crippen molar-refractivity contribution in [1.29, 1.82) is 0 Å². The van der Waals surface area contributed by atoms with E-state index in [1.807, 2.05) is 58.0 Å². The summed E-state index contributed by atoms with van der Waals surface area (Å²) in [6.07, 6.45) is -0.140. The third-order valence-corrected chi connectivity index (χ3v) is 8.04. The average Bonchev–Trinajstić information content (AvgIpc) is 2.87. The number of rotatable bonds is 14. The number of benzene rings is 2. The van der Waals surface area contributed by atoms with Gasteiger partial charge in [-0.25, -0.2) is 4.79 Å². The van der Waals surface area contributed by atoms with E-state index in [0.29, 0.717) is 6.42 Å². The summed E-state index contributed by atoms with van der Waals surface area (Å²) < 4.78 is 24.7. The Morgan fingerprint density at radius 3 is 1.89 bits per heavy atom. The molecule has 9 heteroatoms. The minimum absolute atomic E-state index is 0.0208. The molecular weight excluding hydrogens is 491 g/mol. The Morgan fingerprint density at radius 2 is 1.35 bits per heavy atom. The molecule has 0 spiro atoms.